The summed E-state index contributed by atoms with van der Waals surface area (Å²) < 4.78 is 0. The van der Waals surface area contributed by atoms with Gasteiger partial charge in [0.2, 0.25) is 0 Å². The largest absolute Gasteiger partial charge is 0.402 e. The molecule has 0 aromatic carbocycles. The van der Waals surface area contributed by atoms with Crippen molar-refractivity contribution in [1.82, 2.24) is 0 Å². The summed E-state index contributed by atoms with van der Waals surface area (Å²) in [5.41, 5.74) is 6.78. The predicted molar refractivity (Wildman–Crippen MR) is 56.1 cm³/mol. The summed E-state index contributed by atoms with van der Waals surface area (Å²) in [4.78, 5) is 2.60. The molecule has 0 atom stereocenters. The molecular formula is C10H15NS. The fourth-order valence-corrected chi connectivity index (χ4v) is 1.93. The van der Waals surface area contributed by atoms with Gasteiger partial charge in [-0.25, -0.2) is 0 Å². The Morgan fingerprint density at radius 3 is 2.83 bits per heavy atom. The van der Waals surface area contributed by atoms with Gasteiger partial charge < -0.3 is 5.73 Å². The molecule has 0 aliphatic heterocycles. The van der Waals surface area contributed by atoms with Crippen LogP contribution in [0.3, 0.4) is 0 Å². The average Bonchev–Trinajstić information content (AvgIpc) is 2.36. The average molecular weight is 181 g/mol. The van der Waals surface area contributed by atoms with Crippen molar-refractivity contribution < 1.29 is 0 Å². The van der Waals surface area contributed by atoms with Crippen molar-refractivity contribution in [3.63, 3.8) is 0 Å². The highest BCUT2D eigenvalue weighted by atomic mass is 32.1. The Labute approximate surface area is 77.9 Å². The molecule has 0 fully saturated rings. The standard InChI is InChI=1S/C10H15NS/c1-3-4-9(11)7-10-6-5-8(2)12-10/h5-7H,3-4,11H2,1-2H3/b9-7+. The monoisotopic (exact) mass is 181 g/mol. The van der Waals surface area contributed by atoms with Crippen LogP contribution in [0.15, 0.2) is 17.8 Å². The molecule has 0 radical (unpaired) electrons. The van der Waals surface area contributed by atoms with E-state index in [4.69, 9.17) is 5.73 Å². The molecule has 0 amide bonds. The molecule has 1 aromatic rings. The minimum atomic E-state index is 0.986. The third kappa shape index (κ3) is 2.70. The summed E-state index contributed by atoms with van der Waals surface area (Å²) in [6.07, 6.45) is 4.19. The highest BCUT2D eigenvalue weighted by Gasteiger charge is 1.93. The molecule has 0 unspecified atom stereocenters. The quantitative estimate of drug-likeness (QED) is 0.761. The van der Waals surface area contributed by atoms with E-state index in [9.17, 15) is 0 Å². The van der Waals surface area contributed by atoms with Gasteiger partial charge in [-0.05, 0) is 31.6 Å². The third-order valence-corrected chi connectivity index (χ3v) is 2.58. The minimum absolute atomic E-state index is 0.986. The Morgan fingerprint density at radius 2 is 2.33 bits per heavy atom. The van der Waals surface area contributed by atoms with Gasteiger partial charge in [0.05, 0.1) is 0 Å². The second kappa shape index (κ2) is 4.31. The molecule has 0 aliphatic rings. The van der Waals surface area contributed by atoms with Crippen LogP contribution in [0.5, 0.6) is 0 Å². The Morgan fingerprint density at radius 1 is 1.58 bits per heavy atom. The van der Waals surface area contributed by atoms with Gasteiger partial charge in [-0.15, -0.1) is 11.3 Å². The first-order valence-electron chi connectivity index (χ1n) is 4.25. The predicted octanol–water partition coefficient (Wildman–Crippen LogP) is 3.16. The Balaban J connectivity index is 2.67. The highest BCUT2D eigenvalue weighted by molar-refractivity contribution is 7.12. The first kappa shape index (κ1) is 9.33. The van der Waals surface area contributed by atoms with Crippen LogP contribution in [-0.2, 0) is 0 Å². The van der Waals surface area contributed by atoms with Crippen LogP contribution in [0.4, 0.5) is 0 Å². The molecule has 0 saturated heterocycles. The SMILES string of the molecule is CCC/C(N)=C\c1ccc(C)s1. The normalized spacial score (nSPS) is 12.0. The van der Waals surface area contributed by atoms with E-state index in [1.807, 2.05) is 0 Å². The van der Waals surface area contributed by atoms with E-state index in [1.165, 1.54) is 9.75 Å². The molecule has 0 saturated carbocycles. The van der Waals surface area contributed by atoms with Crippen molar-refractivity contribution in [3.05, 3.63) is 27.6 Å². The number of hydrogen-bond donors (Lipinski definition) is 1. The fourth-order valence-electron chi connectivity index (χ4n) is 1.07. The summed E-state index contributed by atoms with van der Waals surface area (Å²) in [6.45, 7) is 4.25. The van der Waals surface area contributed by atoms with Crippen LogP contribution in [0.25, 0.3) is 6.08 Å². The van der Waals surface area contributed by atoms with E-state index in [2.05, 4.69) is 32.1 Å². The molecule has 1 heterocycles. The summed E-state index contributed by atoms with van der Waals surface area (Å²) in [5.74, 6) is 0. The number of nitrogens with two attached hydrogens (primary N) is 1. The van der Waals surface area contributed by atoms with Gasteiger partial charge in [0.15, 0.2) is 0 Å². The Hall–Kier alpha value is -0.760. The Bertz CT molecular complexity index is 273. The molecular weight excluding hydrogens is 166 g/mol. The van der Waals surface area contributed by atoms with E-state index in [-0.39, 0.29) is 0 Å². The molecule has 66 valence electrons. The lowest BCUT2D eigenvalue weighted by Crippen LogP contribution is -1.94. The summed E-state index contributed by atoms with van der Waals surface area (Å²) in [5, 5.41) is 0. The third-order valence-electron chi connectivity index (χ3n) is 1.63. The molecule has 12 heavy (non-hydrogen) atoms. The molecule has 2 heteroatoms. The number of allylic oxidation sites excluding steroid dienone is 1. The van der Waals surface area contributed by atoms with Gasteiger partial charge in [0.1, 0.15) is 0 Å². The molecule has 1 aromatic heterocycles. The van der Waals surface area contributed by atoms with Gasteiger partial charge in [-0.2, -0.15) is 0 Å². The number of thiophene rings is 1. The van der Waals surface area contributed by atoms with Crippen molar-refractivity contribution >= 4 is 17.4 Å². The second-order valence-electron chi connectivity index (χ2n) is 2.92. The fraction of sp³-hybridized carbons (Fsp3) is 0.400. The van der Waals surface area contributed by atoms with Crippen LogP contribution >= 0.6 is 11.3 Å². The van der Waals surface area contributed by atoms with E-state index < -0.39 is 0 Å². The maximum Gasteiger partial charge on any atom is 0.0290 e. The smallest absolute Gasteiger partial charge is 0.0290 e. The minimum Gasteiger partial charge on any atom is -0.402 e. The van der Waals surface area contributed by atoms with Crippen LogP contribution < -0.4 is 5.73 Å². The first-order chi connectivity index (χ1) is 5.72. The van der Waals surface area contributed by atoms with Gasteiger partial charge in [-0.1, -0.05) is 13.3 Å². The molecule has 2 N–H and O–H groups in total. The zero-order chi connectivity index (χ0) is 8.97. The Kier molecular flexibility index (Phi) is 3.35. The maximum atomic E-state index is 5.79. The van der Waals surface area contributed by atoms with Crippen LogP contribution in [0.2, 0.25) is 0 Å². The van der Waals surface area contributed by atoms with E-state index >= 15 is 0 Å². The summed E-state index contributed by atoms with van der Waals surface area (Å²) >= 11 is 1.79. The lowest BCUT2D eigenvalue weighted by atomic mass is 10.2. The highest BCUT2D eigenvalue weighted by Crippen LogP contribution is 2.18. The molecule has 0 aliphatic carbocycles. The maximum absolute atomic E-state index is 5.79. The first-order valence-corrected chi connectivity index (χ1v) is 5.06. The van der Waals surface area contributed by atoms with Crippen molar-refractivity contribution in [1.29, 1.82) is 0 Å². The van der Waals surface area contributed by atoms with Gasteiger partial charge in [0.25, 0.3) is 0 Å². The van der Waals surface area contributed by atoms with E-state index in [0.717, 1.165) is 18.5 Å². The topological polar surface area (TPSA) is 26.0 Å². The van der Waals surface area contributed by atoms with E-state index in [0.29, 0.717) is 0 Å². The molecule has 0 spiro atoms. The number of rotatable bonds is 3. The lowest BCUT2D eigenvalue weighted by molar-refractivity contribution is 0.900. The van der Waals surface area contributed by atoms with Gasteiger partial charge >= 0.3 is 0 Å². The van der Waals surface area contributed by atoms with E-state index in [1.54, 1.807) is 11.3 Å². The lowest BCUT2D eigenvalue weighted by Gasteiger charge is -1.95. The van der Waals surface area contributed by atoms with Crippen LogP contribution in [0, 0.1) is 6.92 Å². The van der Waals surface area contributed by atoms with Crippen molar-refractivity contribution in [2.24, 2.45) is 5.73 Å². The van der Waals surface area contributed by atoms with Gasteiger partial charge in [-0.3, -0.25) is 0 Å². The van der Waals surface area contributed by atoms with Crippen molar-refractivity contribution in [3.8, 4) is 0 Å². The zero-order valence-electron chi connectivity index (χ0n) is 7.63. The zero-order valence-corrected chi connectivity index (χ0v) is 8.45. The van der Waals surface area contributed by atoms with Crippen LogP contribution in [-0.4, -0.2) is 0 Å². The molecule has 0 bridgehead atoms. The number of hydrogen-bond acceptors (Lipinski definition) is 2. The summed E-state index contributed by atoms with van der Waals surface area (Å²) in [6, 6.07) is 4.23. The summed E-state index contributed by atoms with van der Waals surface area (Å²) in [7, 11) is 0. The van der Waals surface area contributed by atoms with Crippen molar-refractivity contribution in [2.45, 2.75) is 26.7 Å². The number of aryl methyl sites for hydroxylation is 1. The van der Waals surface area contributed by atoms with Crippen LogP contribution in [0.1, 0.15) is 29.5 Å². The van der Waals surface area contributed by atoms with Crippen molar-refractivity contribution in [2.75, 3.05) is 0 Å². The molecule has 1 nitrogen and oxygen atoms in total. The second-order valence-corrected chi connectivity index (χ2v) is 4.24. The van der Waals surface area contributed by atoms with Gasteiger partial charge in [0, 0.05) is 15.5 Å². The molecule has 1 rings (SSSR count).